The molecule has 0 aliphatic heterocycles. The third-order valence-electron chi connectivity index (χ3n) is 3.06. The molecule has 20 heavy (non-hydrogen) atoms. The van der Waals surface area contributed by atoms with Crippen molar-refractivity contribution in [1.29, 1.82) is 0 Å². The average Bonchev–Trinajstić information content (AvgIpc) is 2.41. The van der Waals surface area contributed by atoms with Gasteiger partial charge in [0.25, 0.3) is 0 Å². The molecule has 1 unspecified atom stereocenters. The Bertz CT molecular complexity index is 621. The Morgan fingerprint density at radius 1 is 1.25 bits per heavy atom. The predicted molar refractivity (Wildman–Crippen MR) is 83.7 cm³/mol. The van der Waals surface area contributed by atoms with Crippen LogP contribution in [0.2, 0.25) is 5.02 Å². The van der Waals surface area contributed by atoms with Crippen LogP contribution in [-0.4, -0.2) is 0 Å². The number of nitrogens with one attached hydrogen (secondary N) is 1. The standard InChI is InChI=1S/C14H14BrClFN3/c15-9-2-1-8(12(16)6-9)5-14(20-19)11-7-10(17)3-4-13(11)18/h1-4,6-7,14,20H,5,18-19H2. The molecule has 0 saturated heterocycles. The van der Waals surface area contributed by atoms with Crippen molar-refractivity contribution in [2.45, 2.75) is 12.5 Å². The molecule has 0 fully saturated rings. The number of anilines is 1. The van der Waals surface area contributed by atoms with Crippen LogP contribution >= 0.6 is 27.5 Å². The molecule has 0 heterocycles. The SMILES string of the molecule is NNC(Cc1ccc(Br)cc1Cl)c1cc(F)ccc1N. The molecular weight excluding hydrogens is 345 g/mol. The van der Waals surface area contributed by atoms with E-state index in [1.54, 1.807) is 6.07 Å². The van der Waals surface area contributed by atoms with Gasteiger partial charge in [-0.1, -0.05) is 33.6 Å². The van der Waals surface area contributed by atoms with E-state index in [-0.39, 0.29) is 11.9 Å². The van der Waals surface area contributed by atoms with Gasteiger partial charge in [-0.15, -0.1) is 0 Å². The van der Waals surface area contributed by atoms with E-state index in [0.717, 1.165) is 10.0 Å². The molecule has 0 aliphatic carbocycles. The number of hydrogen-bond acceptors (Lipinski definition) is 3. The van der Waals surface area contributed by atoms with Crippen molar-refractivity contribution in [3.63, 3.8) is 0 Å². The van der Waals surface area contributed by atoms with Crippen molar-refractivity contribution >= 4 is 33.2 Å². The molecule has 0 amide bonds. The maximum atomic E-state index is 13.4. The average molecular weight is 359 g/mol. The van der Waals surface area contributed by atoms with Gasteiger partial charge in [-0.3, -0.25) is 11.3 Å². The Labute approximate surface area is 130 Å². The lowest BCUT2D eigenvalue weighted by Crippen LogP contribution is -2.30. The fourth-order valence-electron chi connectivity index (χ4n) is 2.01. The minimum Gasteiger partial charge on any atom is -0.398 e. The van der Waals surface area contributed by atoms with Crippen molar-refractivity contribution in [3.05, 3.63) is 62.8 Å². The van der Waals surface area contributed by atoms with E-state index < -0.39 is 0 Å². The molecule has 0 aliphatic rings. The third kappa shape index (κ3) is 3.49. The number of rotatable bonds is 4. The van der Waals surface area contributed by atoms with Gasteiger partial charge in [0, 0.05) is 15.2 Å². The predicted octanol–water partition coefficient (Wildman–Crippen LogP) is 3.57. The summed E-state index contributed by atoms with van der Waals surface area (Å²) in [7, 11) is 0. The lowest BCUT2D eigenvalue weighted by molar-refractivity contribution is 0.546. The summed E-state index contributed by atoms with van der Waals surface area (Å²) in [5.41, 5.74) is 10.5. The van der Waals surface area contributed by atoms with Crippen LogP contribution in [0.4, 0.5) is 10.1 Å². The maximum Gasteiger partial charge on any atom is 0.123 e. The smallest absolute Gasteiger partial charge is 0.123 e. The quantitative estimate of drug-likeness (QED) is 0.445. The molecule has 0 radical (unpaired) electrons. The summed E-state index contributed by atoms with van der Waals surface area (Å²) in [5.74, 6) is 5.22. The van der Waals surface area contributed by atoms with Crippen LogP contribution in [-0.2, 0) is 6.42 Å². The van der Waals surface area contributed by atoms with Crippen molar-refractivity contribution in [2.24, 2.45) is 5.84 Å². The highest BCUT2D eigenvalue weighted by Crippen LogP contribution is 2.28. The highest BCUT2D eigenvalue weighted by atomic mass is 79.9. The second kappa shape index (κ2) is 6.54. The fraction of sp³-hybridized carbons (Fsp3) is 0.143. The van der Waals surface area contributed by atoms with Gasteiger partial charge in [0.15, 0.2) is 0 Å². The lowest BCUT2D eigenvalue weighted by Gasteiger charge is -2.19. The molecule has 106 valence electrons. The monoisotopic (exact) mass is 357 g/mol. The van der Waals surface area contributed by atoms with Gasteiger partial charge in [0.1, 0.15) is 5.82 Å². The van der Waals surface area contributed by atoms with E-state index in [4.69, 9.17) is 23.2 Å². The van der Waals surface area contributed by atoms with Crippen LogP contribution in [0.3, 0.4) is 0 Å². The summed E-state index contributed by atoms with van der Waals surface area (Å²) in [6.45, 7) is 0. The van der Waals surface area contributed by atoms with Crippen LogP contribution in [0, 0.1) is 5.82 Å². The zero-order valence-electron chi connectivity index (χ0n) is 10.5. The van der Waals surface area contributed by atoms with E-state index in [0.29, 0.717) is 22.7 Å². The molecule has 0 bridgehead atoms. The summed E-state index contributed by atoms with van der Waals surface area (Å²) in [6, 6.07) is 9.50. The first kappa shape index (κ1) is 15.3. The largest absolute Gasteiger partial charge is 0.398 e. The first-order valence-electron chi connectivity index (χ1n) is 5.96. The Kier molecular flexibility index (Phi) is 4.99. The van der Waals surface area contributed by atoms with Crippen LogP contribution < -0.4 is 17.0 Å². The fourth-order valence-corrected chi connectivity index (χ4v) is 2.76. The van der Waals surface area contributed by atoms with E-state index in [1.807, 2.05) is 12.1 Å². The van der Waals surface area contributed by atoms with Crippen molar-refractivity contribution in [2.75, 3.05) is 5.73 Å². The van der Waals surface area contributed by atoms with Gasteiger partial charge in [-0.25, -0.2) is 4.39 Å². The molecule has 3 nitrogen and oxygen atoms in total. The van der Waals surface area contributed by atoms with E-state index in [2.05, 4.69) is 21.4 Å². The minimum atomic E-state index is -0.351. The number of hydrogen-bond donors (Lipinski definition) is 3. The number of nitrogens with two attached hydrogens (primary N) is 2. The highest BCUT2D eigenvalue weighted by molar-refractivity contribution is 9.10. The maximum absolute atomic E-state index is 13.4. The summed E-state index contributed by atoms with van der Waals surface area (Å²) in [6.07, 6.45) is 0.510. The Morgan fingerprint density at radius 2 is 2.00 bits per heavy atom. The Morgan fingerprint density at radius 3 is 2.65 bits per heavy atom. The van der Waals surface area contributed by atoms with Crippen LogP contribution in [0.5, 0.6) is 0 Å². The van der Waals surface area contributed by atoms with Crippen molar-refractivity contribution in [3.8, 4) is 0 Å². The second-order valence-corrected chi connectivity index (χ2v) is 5.76. The molecule has 0 spiro atoms. The molecule has 1 atom stereocenters. The summed E-state index contributed by atoms with van der Waals surface area (Å²) >= 11 is 9.54. The van der Waals surface area contributed by atoms with E-state index in [9.17, 15) is 4.39 Å². The zero-order chi connectivity index (χ0) is 14.7. The van der Waals surface area contributed by atoms with Crippen molar-refractivity contribution < 1.29 is 4.39 Å². The van der Waals surface area contributed by atoms with E-state index in [1.165, 1.54) is 18.2 Å². The van der Waals surface area contributed by atoms with Gasteiger partial charge in [-0.05, 0) is 47.9 Å². The summed E-state index contributed by atoms with van der Waals surface area (Å²) in [4.78, 5) is 0. The first-order valence-corrected chi connectivity index (χ1v) is 7.13. The molecular formula is C14H14BrClFN3. The topological polar surface area (TPSA) is 64.1 Å². The Balaban J connectivity index is 2.31. The molecule has 2 aromatic carbocycles. The van der Waals surface area contributed by atoms with Gasteiger partial charge in [-0.2, -0.15) is 0 Å². The third-order valence-corrected chi connectivity index (χ3v) is 3.91. The summed E-state index contributed by atoms with van der Waals surface area (Å²) < 4.78 is 14.3. The van der Waals surface area contributed by atoms with Gasteiger partial charge < -0.3 is 5.73 Å². The zero-order valence-corrected chi connectivity index (χ0v) is 12.9. The second-order valence-electron chi connectivity index (χ2n) is 4.43. The molecule has 5 N–H and O–H groups in total. The van der Waals surface area contributed by atoms with Gasteiger partial charge >= 0.3 is 0 Å². The highest BCUT2D eigenvalue weighted by Gasteiger charge is 2.16. The number of nitrogen functional groups attached to an aromatic ring is 1. The molecule has 0 aromatic heterocycles. The first-order chi connectivity index (χ1) is 9.51. The number of halogens is 3. The molecule has 2 aromatic rings. The van der Waals surface area contributed by atoms with Crippen molar-refractivity contribution in [1.82, 2.24) is 5.43 Å². The lowest BCUT2D eigenvalue weighted by atomic mass is 9.98. The minimum absolute atomic E-state index is 0.315. The number of benzene rings is 2. The summed E-state index contributed by atoms with van der Waals surface area (Å²) in [5, 5.41) is 0.620. The normalized spacial score (nSPS) is 12.4. The Hall–Kier alpha value is -1.14. The van der Waals surface area contributed by atoms with Gasteiger partial charge in [0.05, 0.1) is 6.04 Å². The molecule has 6 heteroatoms. The van der Waals surface area contributed by atoms with Crippen LogP contribution in [0.1, 0.15) is 17.2 Å². The molecule has 2 rings (SSSR count). The molecule has 0 saturated carbocycles. The number of hydrazine groups is 1. The van der Waals surface area contributed by atoms with E-state index >= 15 is 0 Å². The van der Waals surface area contributed by atoms with Crippen LogP contribution in [0.15, 0.2) is 40.9 Å². The van der Waals surface area contributed by atoms with Crippen LogP contribution in [0.25, 0.3) is 0 Å². The van der Waals surface area contributed by atoms with Gasteiger partial charge in [0.2, 0.25) is 0 Å².